The van der Waals surface area contributed by atoms with Crippen LogP contribution in [0.2, 0.25) is 0 Å². The second-order valence-electron chi connectivity index (χ2n) is 16.7. The smallest absolute Gasteiger partial charge is 0.408 e. The molecular weight excluding hydrogens is 795 g/mol. The molecular formula is C51H55N5O7. The van der Waals surface area contributed by atoms with Crippen LogP contribution < -0.4 is 20.9 Å². The molecule has 3 atom stereocenters. The van der Waals surface area contributed by atoms with E-state index in [1.54, 1.807) is 12.1 Å². The van der Waals surface area contributed by atoms with E-state index in [0.717, 1.165) is 60.3 Å². The average molecular weight is 850 g/mol. The first-order valence-electron chi connectivity index (χ1n) is 21.8. The van der Waals surface area contributed by atoms with Gasteiger partial charge in [0, 0.05) is 43.2 Å². The van der Waals surface area contributed by atoms with Crippen molar-refractivity contribution in [2.24, 2.45) is 5.92 Å². The van der Waals surface area contributed by atoms with E-state index in [1.165, 1.54) is 12.1 Å². The molecule has 4 heterocycles. The number of nitrogens with one attached hydrogen (secondary N) is 3. The van der Waals surface area contributed by atoms with Gasteiger partial charge in [-0.15, -0.1) is 0 Å². The number of amides is 2. The number of aromatic hydroxyl groups is 1. The predicted molar refractivity (Wildman–Crippen MR) is 243 cm³/mol. The van der Waals surface area contributed by atoms with Crippen molar-refractivity contribution >= 4 is 22.9 Å². The number of fused-ring (bicyclic) bond motifs is 4. The van der Waals surface area contributed by atoms with Crippen LogP contribution in [0.15, 0.2) is 132 Å². The molecule has 2 amide bonds. The van der Waals surface area contributed by atoms with Gasteiger partial charge in [0.1, 0.15) is 24.2 Å². The van der Waals surface area contributed by atoms with E-state index >= 15 is 0 Å². The Balaban J connectivity index is 0.878. The van der Waals surface area contributed by atoms with Gasteiger partial charge in [0.05, 0.1) is 17.7 Å². The highest BCUT2D eigenvalue weighted by atomic mass is 16.6. The SMILES string of the molecule is Cc1cccc(CN(CCCNC[C@H](O)c2ccc(O)c3[nH]c(=O)ccc23)C(=O)c2ccc(COc3cccc([C@@H](NC(=O)O[C@H]4CN5CCC4CC5)c4ccccc4)c3)cc2)c1. The third kappa shape index (κ3) is 11.0. The van der Waals surface area contributed by atoms with Gasteiger partial charge in [-0.05, 0) is 116 Å². The number of piperidine rings is 3. The lowest BCUT2D eigenvalue weighted by atomic mass is 9.86. The third-order valence-corrected chi connectivity index (χ3v) is 12.2. The number of H-pyrrole nitrogens is 1. The summed E-state index contributed by atoms with van der Waals surface area (Å²) in [6.45, 7) is 6.97. The molecule has 3 fully saturated rings. The van der Waals surface area contributed by atoms with E-state index in [-0.39, 0.29) is 42.0 Å². The molecule has 9 rings (SSSR count). The number of carbonyl (C=O) groups is 2. The molecule has 0 aliphatic carbocycles. The number of aromatic nitrogens is 1. The largest absolute Gasteiger partial charge is 0.506 e. The Labute approximate surface area is 367 Å². The maximum atomic E-state index is 14.0. The molecule has 12 heteroatoms. The van der Waals surface area contributed by atoms with E-state index < -0.39 is 18.2 Å². The van der Waals surface area contributed by atoms with Crippen LogP contribution in [0.25, 0.3) is 10.9 Å². The number of phenolic OH excluding ortho intramolecular Hbond substituents is 1. The molecule has 3 aliphatic heterocycles. The summed E-state index contributed by atoms with van der Waals surface area (Å²) in [4.78, 5) is 46.0. The number of hydrogen-bond acceptors (Lipinski definition) is 9. The van der Waals surface area contributed by atoms with Crippen LogP contribution >= 0.6 is 0 Å². The van der Waals surface area contributed by atoms with Crippen molar-refractivity contribution < 1.29 is 29.3 Å². The molecule has 12 nitrogen and oxygen atoms in total. The lowest BCUT2D eigenvalue weighted by molar-refractivity contribution is -0.0336. The highest BCUT2D eigenvalue weighted by Gasteiger charge is 2.37. The Kier molecular flexibility index (Phi) is 13.8. The van der Waals surface area contributed by atoms with Crippen molar-refractivity contribution in [2.45, 2.75) is 57.6 Å². The number of aliphatic hydroxyl groups excluding tert-OH is 1. The number of benzene rings is 5. The number of rotatable bonds is 17. The first-order valence-corrected chi connectivity index (χ1v) is 21.8. The molecule has 63 heavy (non-hydrogen) atoms. The van der Waals surface area contributed by atoms with Crippen LogP contribution in [0.3, 0.4) is 0 Å². The minimum absolute atomic E-state index is 0.0589. The van der Waals surface area contributed by atoms with Crippen LogP contribution in [0.5, 0.6) is 11.5 Å². The van der Waals surface area contributed by atoms with Crippen molar-refractivity contribution in [3.05, 3.63) is 177 Å². The zero-order valence-corrected chi connectivity index (χ0v) is 35.5. The molecule has 6 aromatic rings. The first kappa shape index (κ1) is 43.2. The molecule has 2 bridgehead atoms. The van der Waals surface area contributed by atoms with Crippen LogP contribution in [0, 0.1) is 12.8 Å². The Bertz CT molecular complexity index is 2560. The normalized spacial score (nSPS) is 17.8. The minimum Gasteiger partial charge on any atom is -0.506 e. The van der Waals surface area contributed by atoms with Crippen molar-refractivity contribution in [2.75, 3.05) is 39.3 Å². The standard InChI is InChI=1S/C51H55N5O7/c1-34-8-5-9-36(28-34)31-56(25-7-24-52-30-45(58)42-18-20-44(57)49-43(42)19-21-47(59)53-49)50(60)39-16-14-35(15-17-39)33-62-41-13-6-12-40(29-41)48(38-10-3-2-4-11-38)54-51(61)63-46-32-55-26-22-37(46)23-27-55/h2-6,8-21,28-29,37,45-46,48,52,57-58H,7,22-27,30-33H2,1H3,(H,53,59)(H,54,61)/t45-,46-,48-/m0/s1. The van der Waals surface area contributed by atoms with Crippen LogP contribution in [0.1, 0.15) is 75.1 Å². The molecule has 0 unspecified atom stereocenters. The zero-order chi connectivity index (χ0) is 43.7. The maximum Gasteiger partial charge on any atom is 0.408 e. The summed E-state index contributed by atoms with van der Waals surface area (Å²) >= 11 is 0. The number of nitrogens with zero attached hydrogens (tertiary/aromatic N) is 2. The zero-order valence-electron chi connectivity index (χ0n) is 35.5. The fourth-order valence-electron chi connectivity index (χ4n) is 8.79. The number of aryl methyl sites for hydroxylation is 1. The lowest BCUT2D eigenvalue weighted by Gasteiger charge is -2.43. The molecule has 3 aliphatic rings. The van der Waals surface area contributed by atoms with Crippen molar-refractivity contribution in [3.8, 4) is 11.5 Å². The van der Waals surface area contributed by atoms with Crippen molar-refractivity contribution in [3.63, 3.8) is 0 Å². The fraction of sp³-hybridized carbons (Fsp3) is 0.314. The highest BCUT2D eigenvalue weighted by molar-refractivity contribution is 5.94. The van der Waals surface area contributed by atoms with Gasteiger partial charge in [0.15, 0.2) is 0 Å². The Hall–Kier alpha value is -6.47. The summed E-state index contributed by atoms with van der Waals surface area (Å²) < 4.78 is 12.3. The number of ether oxygens (including phenoxy) is 2. The van der Waals surface area contributed by atoms with E-state index in [4.69, 9.17) is 9.47 Å². The lowest BCUT2D eigenvalue weighted by Crippen LogP contribution is -2.52. The predicted octanol–water partition coefficient (Wildman–Crippen LogP) is 7.39. The van der Waals surface area contributed by atoms with Gasteiger partial charge in [0.25, 0.3) is 5.91 Å². The van der Waals surface area contributed by atoms with Crippen LogP contribution in [0.4, 0.5) is 4.79 Å². The van der Waals surface area contributed by atoms with Gasteiger partial charge in [-0.2, -0.15) is 0 Å². The number of alkyl carbamates (subject to hydrolysis) is 1. The van der Waals surface area contributed by atoms with Gasteiger partial charge >= 0.3 is 6.09 Å². The Morgan fingerprint density at radius 1 is 0.873 bits per heavy atom. The highest BCUT2D eigenvalue weighted by Crippen LogP contribution is 2.32. The van der Waals surface area contributed by atoms with E-state index in [2.05, 4.69) is 26.6 Å². The summed E-state index contributed by atoms with van der Waals surface area (Å²) in [5.41, 5.74) is 5.97. The number of carbonyl (C=O) groups excluding carboxylic acids is 2. The van der Waals surface area contributed by atoms with Crippen molar-refractivity contribution in [1.82, 2.24) is 25.4 Å². The molecule has 326 valence electrons. The summed E-state index contributed by atoms with van der Waals surface area (Å²) in [6, 6.07) is 38.9. The fourth-order valence-corrected chi connectivity index (χ4v) is 8.79. The quantitative estimate of drug-likeness (QED) is 0.0591. The minimum atomic E-state index is -0.881. The number of pyridine rings is 1. The van der Waals surface area contributed by atoms with Gasteiger partial charge in [-0.1, -0.05) is 90.5 Å². The third-order valence-electron chi connectivity index (χ3n) is 12.2. The van der Waals surface area contributed by atoms with Crippen LogP contribution in [-0.4, -0.2) is 82.4 Å². The molecule has 0 saturated carbocycles. The maximum absolute atomic E-state index is 14.0. The topological polar surface area (TPSA) is 156 Å². The summed E-state index contributed by atoms with van der Waals surface area (Å²) in [6.07, 6.45) is 1.37. The van der Waals surface area contributed by atoms with E-state index in [0.29, 0.717) is 54.2 Å². The molecule has 0 radical (unpaired) electrons. The van der Waals surface area contributed by atoms with Gasteiger partial charge in [0.2, 0.25) is 5.56 Å². The first-order chi connectivity index (χ1) is 30.7. The van der Waals surface area contributed by atoms with E-state index in [9.17, 15) is 24.6 Å². The summed E-state index contributed by atoms with van der Waals surface area (Å²) in [7, 11) is 0. The van der Waals surface area contributed by atoms with Gasteiger partial charge in [-0.3, -0.25) is 14.5 Å². The number of phenols is 1. The second kappa shape index (κ2) is 20.1. The monoisotopic (exact) mass is 849 g/mol. The molecule has 3 saturated heterocycles. The molecule has 0 spiro atoms. The Morgan fingerprint density at radius 2 is 1.65 bits per heavy atom. The van der Waals surface area contributed by atoms with Crippen LogP contribution in [-0.2, 0) is 17.9 Å². The van der Waals surface area contributed by atoms with Gasteiger partial charge in [-0.25, -0.2) is 4.79 Å². The van der Waals surface area contributed by atoms with Crippen molar-refractivity contribution in [1.29, 1.82) is 0 Å². The average Bonchev–Trinajstić information content (AvgIpc) is 3.30. The summed E-state index contributed by atoms with van der Waals surface area (Å²) in [5.74, 6) is 0.916. The van der Waals surface area contributed by atoms with E-state index in [1.807, 2.05) is 109 Å². The molecule has 1 aromatic heterocycles. The number of aliphatic hydroxyl groups is 1. The molecule has 5 aromatic carbocycles. The molecule has 5 N–H and O–H groups in total. The Morgan fingerprint density at radius 3 is 2.41 bits per heavy atom. The number of hydrogen-bond donors (Lipinski definition) is 5. The number of aromatic amines is 1. The second-order valence-corrected chi connectivity index (χ2v) is 16.7. The summed E-state index contributed by atoms with van der Waals surface area (Å²) in [5, 5.41) is 28.3. The van der Waals surface area contributed by atoms with Gasteiger partial charge < -0.3 is 40.2 Å².